The van der Waals surface area contributed by atoms with Crippen molar-refractivity contribution < 1.29 is 5.11 Å². The van der Waals surface area contributed by atoms with Gasteiger partial charge in [0, 0.05) is 35.7 Å². The van der Waals surface area contributed by atoms with E-state index in [0.717, 1.165) is 33.9 Å². The van der Waals surface area contributed by atoms with Crippen LogP contribution >= 0.6 is 0 Å². The van der Waals surface area contributed by atoms with Gasteiger partial charge in [-0.3, -0.25) is 9.67 Å². The highest BCUT2D eigenvalue weighted by Crippen LogP contribution is 2.39. The van der Waals surface area contributed by atoms with Crippen LogP contribution in [0, 0.1) is 0 Å². The minimum absolute atomic E-state index is 0.442. The van der Waals surface area contributed by atoms with Gasteiger partial charge in [-0.25, -0.2) is 0 Å². The van der Waals surface area contributed by atoms with Crippen molar-refractivity contribution in [3.8, 4) is 0 Å². The van der Waals surface area contributed by atoms with E-state index >= 15 is 0 Å². The van der Waals surface area contributed by atoms with Crippen molar-refractivity contribution in [2.45, 2.75) is 56.6 Å². The molecule has 4 heteroatoms. The first-order chi connectivity index (χ1) is 17.2. The number of allylic oxidation sites excluding steroid dienone is 1. The molecule has 176 valence electrons. The van der Waals surface area contributed by atoms with E-state index in [0.29, 0.717) is 18.2 Å². The van der Waals surface area contributed by atoms with Crippen molar-refractivity contribution in [1.29, 1.82) is 0 Å². The van der Waals surface area contributed by atoms with Crippen molar-refractivity contribution in [3.63, 3.8) is 0 Å². The zero-order valence-electron chi connectivity index (χ0n) is 20.0. The van der Waals surface area contributed by atoms with Crippen LogP contribution in [0.1, 0.15) is 60.7 Å². The zero-order chi connectivity index (χ0) is 23.7. The van der Waals surface area contributed by atoms with Crippen molar-refractivity contribution in [2.24, 2.45) is 0 Å². The van der Waals surface area contributed by atoms with Crippen LogP contribution in [0.4, 0.5) is 0 Å². The van der Waals surface area contributed by atoms with Crippen LogP contribution in [0.25, 0.3) is 16.8 Å². The molecule has 1 fully saturated rings. The maximum atomic E-state index is 12.6. The van der Waals surface area contributed by atoms with Crippen LogP contribution in [-0.4, -0.2) is 19.9 Å². The number of pyridine rings is 1. The molecule has 4 nitrogen and oxygen atoms in total. The molecule has 4 aromatic rings. The largest absolute Gasteiger partial charge is 0.378 e. The van der Waals surface area contributed by atoms with E-state index in [1.165, 1.54) is 37.8 Å². The minimum atomic E-state index is -1.28. The van der Waals surface area contributed by atoms with Crippen LogP contribution in [0.5, 0.6) is 0 Å². The third-order valence-corrected chi connectivity index (χ3v) is 7.62. The SMILES string of the molecule is OC(Cc1ccccc1)(C1=Cc2cnn(C3CCCCC3)c2CC=C1)c1nccc2ccccc12. The van der Waals surface area contributed by atoms with Crippen LogP contribution in [0.2, 0.25) is 0 Å². The lowest BCUT2D eigenvalue weighted by Gasteiger charge is -2.30. The lowest BCUT2D eigenvalue weighted by Crippen LogP contribution is -2.32. The highest BCUT2D eigenvalue weighted by atomic mass is 16.3. The maximum absolute atomic E-state index is 12.6. The summed E-state index contributed by atoms with van der Waals surface area (Å²) in [5.74, 6) is 0. The van der Waals surface area contributed by atoms with Gasteiger partial charge in [0.2, 0.25) is 0 Å². The number of benzene rings is 2. The van der Waals surface area contributed by atoms with E-state index in [-0.39, 0.29) is 0 Å². The molecule has 1 saturated carbocycles. The normalized spacial score (nSPS) is 18.0. The first-order valence-corrected chi connectivity index (χ1v) is 12.8. The predicted molar refractivity (Wildman–Crippen MR) is 141 cm³/mol. The van der Waals surface area contributed by atoms with E-state index < -0.39 is 5.60 Å². The first-order valence-electron chi connectivity index (χ1n) is 12.8. The standard InChI is InChI=1S/C31H31N3O/c35-31(21-23-10-3-1-4-11-23,30-28-16-8-7-12-24(28)18-19-32-30)26-13-9-17-29-25(20-26)22-33-34(29)27-14-5-2-6-15-27/h1,3-4,7-13,16,18-20,22,27,35H,2,5-6,14-15,17,21H2. The summed E-state index contributed by atoms with van der Waals surface area (Å²) < 4.78 is 2.25. The van der Waals surface area contributed by atoms with Gasteiger partial charge >= 0.3 is 0 Å². The molecule has 0 spiro atoms. The van der Waals surface area contributed by atoms with E-state index in [2.05, 4.69) is 47.2 Å². The Balaban J connectivity index is 1.49. The fraction of sp³-hybridized carbons (Fsp3) is 0.290. The van der Waals surface area contributed by atoms with Crippen LogP contribution in [0.15, 0.2) is 90.8 Å². The van der Waals surface area contributed by atoms with E-state index in [1.54, 1.807) is 6.20 Å². The second-order valence-corrected chi connectivity index (χ2v) is 9.89. The summed E-state index contributed by atoms with van der Waals surface area (Å²) >= 11 is 0. The molecule has 1 N–H and O–H groups in total. The van der Waals surface area contributed by atoms with Gasteiger partial charge in [0.25, 0.3) is 0 Å². The molecule has 0 amide bonds. The van der Waals surface area contributed by atoms with Crippen LogP contribution in [-0.2, 0) is 18.4 Å². The first kappa shape index (κ1) is 22.0. The fourth-order valence-electron chi connectivity index (χ4n) is 5.81. The summed E-state index contributed by atoms with van der Waals surface area (Å²) in [4.78, 5) is 4.77. The van der Waals surface area contributed by atoms with Gasteiger partial charge in [0.15, 0.2) is 0 Å². The molecule has 2 aliphatic rings. The Hall–Kier alpha value is -3.50. The average molecular weight is 462 g/mol. The molecule has 0 saturated heterocycles. The smallest absolute Gasteiger partial charge is 0.136 e. The lowest BCUT2D eigenvalue weighted by atomic mass is 9.81. The Labute approximate surface area is 206 Å². The average Bonchev–Trinajstić information content (AvgIpc) is 3.18. The quantitative estimate of drug-likeness (QED) is 0.366. The summed E-state index contributed by atoms with van der Waals surface area (Å²) in [6.07, 6.45) is 17.7. The monoisotopic (exact) mass is 461 g/mol. The number of hydrogen-bond acceptors (Lipinski definition) is 3. The van der Waals surface area contributed by atoms with Gasteiger partial charge < -0.3 is 5.11 Å². The predicted octanol–water partition coefficient (Wildman–Crippen LogP) is 6.56. The van der Waals surface area contributed by atoms with Crippen molar-refractivity contribution in [3.05, 3.63) is 113 Å². The zero-order valence-corrected chi connectivity index (χ0v) is 20.0. The van der Waals surface area contributed by atoms with Gasteiger partial charge in [-0.05, 0) is 41.5 Å². The van der Waals surface area contributed by atoms with Crippen molar-refractivity contribution in [1.82, 2.24) is 14.8 Å². The van der Waals surface area contributed by atoms with Crippen LogP contribution in [0.3, 0.4) is 0 Å². The number of hydrogen-bond donors (Lipinski definition) is 1. The van der Waals surface area contributed by atoms with Crippen LogP contribution < -0.4 is 0 Å². The topological polar surface area (TPSA) is 50.9 Å². The lowest BCUT2D eigenvalue weighted by molar-refractivity contribution is 0.0785. The highest BCUT2D eigenvalue weighted by molar-refractivity contribution is 5.86. The van der Waals surface area contributed by atoms with Gasteiger partial charge in [-0.1, -0.05) is 86.0 Å². The van der Waals surface area contributed by atoms with Crippen molar-refractivity contribution in [2.75, 3.05) is 0 Å². The van der Waals surface area contributed by atoms with E-state index in [1.807, 2.05) is 42.6 Å². The Morgan fingerprint density at radius 1 is 0.943 bits per heavy atom. The Bertz CT molecular complexity index is 1390. The number of fused-ring (bicyclic) bond motifs is 2. The van der Waals surface area contributed by atoms with E-state index in [9.17, 15) is 5.11 Å². The summed E-state index contributed by atoms with van der Waals surface area (Å²) in [5, 5.41) is 19.4. The summed E-state index contributed by atoms with van der Waals surface area (Å²) in [5.41, 5.74) is 3.68. The Morgan fingerprint density at radius 3 is 2.60 bits per heavy atom. The molecule has 35 heavy (non-hydrogen) atoms. The third-order valence-electron chi connectivity index (χ3n) is 7.62. The molecule has 1 atom stereocenters. The maximum Gasteiger partial charge on any atom is 0.136 e. The summed E-state index contributed by atoms with van der Waals surface area (Å²) in [6.45, 7) is 0. The van der Waals surface area contributed by atoms with Crippen molar-refractivity contribution >= 4 is 16.8 Å². The molecule has 1 unspecified atom stereocenters. The number of aromatic nitrogens is 3. The van der Waals surface area contributed by atoms with Gasteiger partial charge in [-0.15, -0.1) is 0 Å². The van der Waals surface area contributed by atoms with Gasteiger partial charge in [0.1, 0.15) is 5.60 Å². The minimum Gasteiger partial charge on any atom is -0.378 e. The summed E-state index contributed by atoms with van der Waals surface area (Å²) in [7, 11) is 0. The molecule has 0 aliphatic heterocycles. The van der Waals surface area contributed by atoms with Gasteiger partial charge in [-0.2, -0.15) is 5.10 Å². The number of rotatable bonds is 5. The fourth-order valence-corrected chi connectivity index (χ4v) is 5.81. The molecular weight excluding hydrogens is 430 g/mol. The molecule has 6 rings (SSSR count). The number of aliphatic hydroxyl groups is 1. The Kier molecular flexibility index (Phi) is 5.83. The Morgan fingerprint density at radius 2 is 1.74 bits per heavy atom. The molecular formula is C31H31N3O. The van der Waals surface area contributed by atoms with E-state index in [4.69, 9.17) is 10.1 Å². The van der Waals surface area contributed by atoms with Gasteiger partial charge in [0.05, 0.1) is 17.9 Å². The molecule has 2 aromatic heterocycles. The molecule has 0 radical (unpaired) electrons. The molecule has 0 bridgehead atoms. The highest BCUT2D eigenvalue weighted by Gasteiger charge is 2.37. The second kappa shape index (κ2) is 9.27. The number of nitrogens with zero attached hydrogens (tertiary/aromatic N) is 3. The molecule has 2 heterocycles. The third kappa shape index (κ3) is 4.12. The molecule has 2 aromatic carbocycles. The molecule has 2 aliphatic carbocycles. The summed E-state index contributed by atoms with van der Waals surface area (Å²) in [6, 6.07) is 20.9. The second-order valence-electron chi connectivity index (χ2n) is 9.89.